The number of nitrogens with zero attached hydrogens (tertiary/aromatic N) is 1. The van der Waals surface area contributed by atoms with E-state index in [9.17, 15) is 13.2 Å². The molecule has 34 heavy (non-hydrogen) atoms. The number of nitrogens with one attached hydrogen (secondary N) is 2. The average molecular weight is 484 g/mol. The first-order valence-corrected chi connectivity index (χ1v) is 12.4. The van der Waals surface area contributed by atoms with Crippen LogP contribution in [0.25, 0.3) is 0 Å². The molecule has 0 unspecified atom stereocenters. The van der Waals surface area contributed by atoms with Gasteiger partial charge in [0.1, 0.15) is 5.75 Å². The molecule has 0 radical (unpaired) electrons. The Kier molecular flexibility index (Phi) is 8.61. The van der Waals surface area contributed by atoms with E-state index in [0.29, 0.717) is 41.9 Å². The molecule has 0 saturated carbocycles. The monoisotopic (exact) mass is 483 g/mol. The number of rotatable bonds is 11. The first kappa shape index (κ1) is 25.2. The van der Waals surface area contributed by atoms with Gasteiger partial charge in [0.15, 0.2) is 0 Å². The number of amides is 1. The molecule has 8 nitrogen and oxygen atoms in total. The van der Waals surface area contributed by atoms with Crippen molar-refractivity contribution in [2.24, 2.45) is 0 Å². The maximum absolute atomic E-state index is 12.7. The van der Waals surface area contributed by atoms with Crippen LogP contribution < -0.4 is 14.8 Å². The molecule has 1 aromatic heterocycles. The Hall–Kier alpha value is -3.43. The second-order valence-electron chi connectivity index (χ2n) is 7.94. The molecule has 1 heterocycles. The Bertz CT molecular complexity index is 1180. The van der Waals surface area contributed by atoms with E-state index < -0.39 is 10.0 Å². The van der Waals surface area contributed by atoms with Crippen molar-refractivity contribution in [2.75, 3.05) is 25.0 Å². The topological polar surface area (TPSA) is 107 Å². The molecule has 0 spiro atoms. The Morgan fingerprint density at radius 3 is 2.29 bits per heavy atom. The summed E-state index contributed by atoms with van der Waals surface area (Å²) in [7, 11) is -2.08. The fraction of sp³-hybridized carbons (Fsp3) is 0.280. The molecule has 2 N–H and O–H groups in total. The molecular weight excluding hydrogens is 454 g/mol. The van der Waals surface area contributed by atoms with Crippen molar-refractivity contribution in [2.45, 2.75) is 31.1 Å². The minimum atomic E-state index is -3.70. The second kappa shape index (κ2) is 11.6. The number of methoxy groups -OCH3 is 1. The van der Waals surface area contributed by atoms with Crippen LogP contribution >= 0.6 is 0 Å². The maximum atomic E-state index is 12.7. The van der Waals surface area contributed by atoms with Gasteiger partial charge in [-0.05, 0) is 60.4 Å². The predicted octanol–water partition coefficient (Wildman–Crippen LogP) is 4.56. The van der Waals surface area contributed by atoms with Crippen LogP contribution in [0.2, 0.25) is 0 Å². The van der Waals surface area contributed by atoms with Crippen molar-refractivity contribution < 1.29 is 22.7 Å². The van der Waals surface area contributed by atoms with E-state index in [1.54, 1.807) is 55.6 Å². The van der Waals surface area contributed by atoms with Gasteiger partial charge in [-0.15, -0.1) is 0 Å². The SMILES string of the molecule is COCCCNC(=O)c1ccc(Oc2ccc(NS(=O)(=O)c3ccc(C(C)C)cc3)cc2)nc1. The van der Waals surface area contributed by atoms with Crippen LogP contribution in [0.1, 0.15) is 42.1 Å². The van der Waals surface area contributed by atoms with Gasteiger partial charge in [0.25, 0.3) is 15.9 Å². The summed E-state index contributed by atoms with van der Waals surface area (Å²) < 4.78 is 38.5. The summed E-state index contributed by atoms with van der Waals surface area (Å²) in [6.07, 6.45) is 2.17. The second-order valence-corrected chi connectivity index (χ2v) is 9.63. The molecule has 9 heteroatoms. The third-order valence-electron chi connectivity index (χ3n) is 5.00. The van der Waals surface area contributed by atoms with Gasteiger partial charge < -0.3 is 14.8 Å². The summed E-state index contributed by atoms with van der Waals surface area (Å²) in [5.41, 5.74) is 1.91. The molecule has 0 fully saturated rings. The third-order valence-corrected chi connectivity index (χ3v) is 6.39. The number of ether oxygens (including phenoxy) is 2. The molecule has 180 valence electrons. The van der Waals surface area contributed by atoms with E-state index in [1.165, 1.54) is 6.20 Å². The molecule has 1 amide bonds. The average Bonchev–Trinajstić information content (AvgIpc) is 2.83. The van der Waals surface area contributed by atoms with Crippen molar-refractivity contribution >= 4 is 21.6 Å². The lowest BCUT2D eigenvalue weighted by Gasteiger charge is -2.11. The molecule has 0 aliphatic heterocycles. The molecule has 2 aromatic carbocycles. The van der Waals surface area contributed by atoms with Gasteiger partial charge >= 0.3 is 0 Å². The minimum absolute atomic E-state index is 0.198. The lowest BCUT2D eigenvalue weighted by Crippen LogP contribution is -2.25. The predicted molar refractivity (Wildman–Crippen MR) is 131 cm³/mol. The zero-order chi connectivity index (χ0) is 24.6. The highest BCUT2D eigenvalue weighted by Crippen LogP contribution is 2.24. The van der Waals surface area contributed by atoms with Gasteiger partial charge in [-0.3, -0.25) is 9.52 Å². The van der Waals surface area contributed by atoms with Gasteiger partial charge in [-0.1, -0.05) is 26.0 Å². The fourth-order valence-electron chi connectivity index (χ4n) is 3.05. The van der Waals surface area contributed by atoms with Gasteiger partial charge in [-0.2, -0.15) is 0 Å². The lowest BCUT2D eigenvalue weighted by molar-refractivity contribution is 0.0948. The summed E-state index contributed by atoms with van der Waals surface area (Å²) in [5, 5.41) is 2.79. The molecular formula is C25H29N3O5S. The van der Waals surface area contributed by atoms with E-state index in [4.69, 9.17) is 9.47 Å². The summed E-state index contributed by atoms with van der Waals surface area (Å²) >= 11 is 0. The number of sulfonamides is 1. The number of hydrogen-bond acceptors (Lipinski definition) is 6. The quantitative estimate of drug-likeness (QED) is 0.387. The number of carbonyl (C=O) groups is 1. The molecule has 0 aliphatic rings. The zero-order valence-electron chi connectivity index (χ0n) is 19.4. The van der Waals surface area contributed by atoms with Gasteiger partial charge in [0.05, 0.1) is 10.5 Å². The normalized spacial score (nSPS) is 11.3. The van der Waals surface area contributed by atoms with Gasteiger partial charge in [0.2, 0.25) is 5.88 Å². The summed E-state index contributed by atoms with van der Waals surface area (Å²) in [6, 6.07) is 16.6. The lowest BCUT2D eigenvalue weighted by atomic mass is 10.0. The van der Waals surface area contributed by atoms with E-state index in [0.717, 1.165) is 12.0 Å². The first-order valence-electron chi connectivity index (χ1n) is 10.9. The van der Waals surface area contributed by atoms with Crippen molar-refractivity contribution in [3.63, 3.8) is 0 Å². The van der Waals surface area contributed by atoms with E-state index in [-0.39, 0.29) is 10.8 Å². The van der Waals surface area contributed by atoms with Crippen LogP contribution in [-0.4, -0.2) is 39.6 Å². The Morgan fingerprint density at radius 1 is 1.00 bits per heavy atom. The number of benzene rings is 2. The Labute approximate surface area is 200 Å². The fourth-order valence-corrected chi connectivity index (χ4v) is 4.11. The van der Waals surface area contributed by atoms with E-state index >= 15 is 0 Å². The number of anilines is 1. The maximum Gasteiger partial charge on any atom is 0.261 e. The Balaban J connectivity index is 1.57. The van der Waals surface area contributed by atoms with Crippen molar-refractivity contribution in [3.8, 4) is 11.6 Å². The highest BCUT2D eigenvalue weighted by atomic mass is 32.2. The van der Waals surface area contributed by atoms with E-state index in [2.05, 4.69) is 28.9 Å². The van der Waals surface area contributed by atoms with Gasteiger partial charge in [-0.25, -0.2) is 13.4 Å². The van der Waals surface area contributed by atoms with E-state index in [1.807, 2.05) is 12.1 Å². The summed E-state index contributed by atoms with van der Waals surface area (Å²) in [6.45, 7) is 5.21. The van der Waals surface area contributed by atoms with Crippen molar-refractivity contribution in [1.82, 2.24) is 10.3 Å². The highest BCUT2D eigenvalue weighted by molar-refractivity contribution is 7.92. The number of hydrogen-bond donors (Lipinski definition) is 2. The van der Waals surface area contributed by atoms with Crippen LogP contribution in [0, 0.1) is 0 Å². The van der Waals surface area contributed by atoms with Crippen LogP contribution in [0.3, 0.4) is 0 Å². The summed E-state index contributed by atoms with van der Waals surface area (Å²) in [5.74, 6) is 0.903. The smallest absolute Gasteiger partial charge is 0.261 e. The van der Waals surface area contributed by atoms with Crippen LogP contribution in [-0.2, 0) is 14.8 Å². The van der Waals surface area contributed by atoms with Crippen LogP contribution in [0.15, 0.2) is 71.8 Å². The first-order chi connectivity index (χ1) is 16.3. The number of pyridine rings is 1. The van der Waals surface area contributed by atoms with Gasteiger partial charge in [0, 0.05) is 38.2 Å². The third kappa shape index (κ3) is 7.03. The molecule has 3 rings (SSSR count). The van der Waals surface area contributed by atoms with Crippen molar-refractivity contribution in [1.29, 1.82) is 0 Å². The molecule has 0 bridgehead atoms. The molecule has 0 atom stereocenters. The van der Waals surface area contributed by atoms with Crippen LogP contribution in [0.4, 0.5) is 5.69 Å². The molecule has 0 aliphatic carbocycles. The Morgan fingerprint density at radius 2 is 1.71 bits per heavy atom. The van der Waals surface area contributed by atoms with Crippen LogP contribution in [0.5, 0.6) is 11.6 Å². The largest absolute Gasteiger partial charge is 0.439 e. The molecule has 0 saturated heterocycles. The highest BCUT2D eigenvalue weighted by Gasteiger charge is 2.15. The number of carbonyl (C=O) groups excluding carboxylic acids is 1. The zero-order valence-corrected chi connectivity index (χ0v) is 20.3. The van der Waals surface area contributed by atoms with Crippen molar-refractivity contribution in [3.05, 3.63) is 78.0 Å². The molecule has 3 aromatic rings. The minimum Gasteiger partial charge on any atom is -0.439 e. The number of aromatic nitrogens is 1. The summed E-state index contributed by atoms with van der Waals surface area (Å²) in [4.78, 5) is 16.4. The standard InChI is InChI=1S/C25H29N3O5S/c1-18(2)19-5-12-23(13-6-19)34(30,31)28-21-8-10-22(11-9-21)33-24-14-7-20(17-27-24)25(29)26-15-4-16-32-3/h5-14,17-18,28H,4,15-16H2,1-3H3,(H,26,29).